The van der Waals surface area contributed by atoms with Gasteiger partial charge in [0.25, 0.3) is 0 Å². The minimum absolute atomic E-state index is 0. The number of likely N-dealkylation sites (tertiary alicyclic amines) is 1. The maximum Gasteiger partial charge on any atom is 0.181 e. The number of halogens is 1. The van der Waals surface area contributed by atoms with Crippen molar-refractivity contribution in [2.24, 2.45) is 11.8 Å². The summed E-state index contributed by atoms with van der Waals surface area (Å²) in [6, 6.07) is 15.3. The van der Waals surface area contributed by atoms with Gasteiger partial charge in [0, 0.05) is 38.1 Å². The highest BCUT2D eigenvalue weighted by atomic mass is 32.2. The molecule has 5 nitrogen and oxygen atoms in total. The molecular formula is C33H42FN3O2S. The van der Waals surface area contributed by atoms with Crippen molar-refractivity contribution in [3.63, 3.8) is 0 Å². The molecule has 3 heterocycles. The van der Waals surface area contributed by atoms with E-state index < -0.39 is 9.84 Å². The summed E-state index contributed by atoms with van der Waals surface area (Å²) in [5.41, 5.74) is 4.35. The molecule has 3 fully saturated rings. The van der Waals surface area contributed by atoms with E-state index in [1.807, 2.05) is 18.2 Å². The van der Waals surface area contributed by atoms with E-state index in [-0.39, 0.29) is 18.0 Å². The molecule has 1 atom stereocenters. The van der Waals surface area contributed by atoms with Crippen molar-refractivity contribution in [2.75, 3.05) is 19.6 Å². The SMILES string of the molecule is O=S(=O)(c1ccc(-n2ccc(CN3CCC(C4(C5CCCC5)NCCc5c(F)cccc54)CC3)c2)cc1)C1CC1.[HH]. The minimum Gasteiger partial charge on any atom is -0.324 e. The molecule has 1 saturated heterocycles. The first-order valence-corrected chi connectivity index (χ1v) is 16.8. The average molecular weight is 564 g/mol. The second kappa shape index (κ2) is 10.4. The van der Waals surface area contributed by atoms with Crippen molar-refractivity contribution in [3.05, 3.63) is 83.4 Å². The van der Waals surface area contributed by atoms with Crippen molar-refractivity contribution in [1.82, 2.24) is 14.8 Å². The van der Waals surface area contributed by atoms with Crippen molar-refractivity contribution in [1.29, 1.82) is 0 Å². The van der Waals surface area contributed by atoms with Gasteiger partial charge in [0.05, 0.1) is 10.1 Å². The van der Waals surface area contributed by atoms with Crippen LogP contribution in [0.4, 0.5) is 4.39 Å². The molecule has 2 saturated carbocycles. The highest BCUT2D eigenvalue weighted by molar-refractivity contribution is 7.92. The van der Waals surface area contributed by atoms with Crippen LogP contribution < -0.4 is 5.32 Å². The predicted octanol–water partition coefficient (Wildman–Crippen LogP) is 6.24. The van der Waals surface area contributed by atoms with Crippen LogP contribution in [0.5, 0.6) is 0 Å². The van der Waals surface area contributed by atoms with Crippen molar-refractivity contribution >= 4 is 9.84 Å². The molecule has 2 aliphatic heterocycles. The third-order valence-electron chi connectivity index (χ3n) is 10.2. The maximum atomic E-state index is 14.9. The molecule has 2 aliphatic carbocycles. The number of hydrogen-bond acceptors (Lipinski definition) is 4. The fourth-order valence-electron chi connectivity index (χ4n) is 8.01. The third kappa shape index (κ3) is 4.64. The zero-order chi connectivity index (χ0) is 27.3. The molecule has 7 rings (SSSR count). The lowest BCUT2D eigenvalue weighted by Crippen LogP contribution is -2.58. The molecule has 2 aromatic carbocycles. The molecule has 1 aromatic heterocycles. The van der Waals surface area contributed by atoms with Gasteiger partial charge < -0.3 is 9.88 Å². The van der Waals surface area contributed by atoms with Crippen LogP contribution in [0.2, 0.25) is 0 Å². The second-order valence-corrected chi connectivity index (χ2v) is 14.7. The zero-order valence-electron chi connectivity index (χ0n) is 23.2. The fraction of sp³-hybridized carbons (Fsp3) is 0.515. The summed E-state index contributed by atoms with van der Waals surface area (Å²) in [5.74, 6) is 1.08. The van der Waals surface area contributed by atoms with Gasteiger partial charge in [-0.2, -0.15) is 0 Å². The molecule has 4 aliphatic rings. The first-order valence-electron chi connectivity index (χ1n) is 15.2. The Balaban J connectivity index is 0.00000302. The molecule has 1 N–H and O–H groups in total. The van der Waals surface area contributed by atoms with Crippen LogP contribution in [0.15, 0.2) is 65.8 Å². The van der Waals surface area contributed by atoms with Crippen molar-refractivity contribution < 1.29 is 14.2 Å². The van der Waals surface area contributed by atoms with Crippen LogP contribution in [0, 0.1) is 17.7 Å². The molecule has 0 amide bonds. The second-order valence-electron chi connectivity index (χ2n) is 12.5. The normalized spacial score (nSPS) is 24.8. The summed E-state index contributed by atoms with van der Waals surface area (Å²) < 4.78 is 42.1. The molecule has 214 valence electrons. The highest BCUT2D eigenvalue weighted by Gasteiger charge is 2.50. The average Bonchev–Trinajstić information content (AvgIpc) is 3.51. The van der Waals surface area contributed by atoms with Crippen LogP contribution >= 0.6 is 0 Å². The minimum atomic E-state index is -3.16. The number of piperidine rings is 1. The number of aromatic nitrogens is 1. The molecule has 7 heteroatoms. The first-order chi connectivity index (χ1) is 19.4. The van der Waals surface area contributed by atoms with Crippen LogP contribution in [-0.2, 0) is 28.3 Å². The molecule has 40 heavy (non-hydrogen) atoms. The van der Waals surface area contributed by atoms with Crippen molar-refractivity contribution in [2.45, 2.75) is 80.0 Å². The number of hydrogen-bond donors (Lipinski definition) is 1. The van der Waals surface area contributed by atoms with E-state index in [0.717, 1.165) is 69.5 Å². The Hall–Kier alpha value is -2.48. The monoisotopic (exact) mass is 563 g/mol. The summed E-state index contributed by atoms with van der Waals surface area (Å²) in [5, 5.41) is 3.83. The number of benzene rings is 2. The molecule has 0 radical (unpaired) electrons. The molecule has 1 unspecified atom stereocenters. The third-order valence-corrected chi connectivity index (χ3v) is 12.5. The summed E-state index contributed by atoms with van der Waals surface area (Å²) in [6.07, 6.45) is 13.9. The predicted molar refractivity (Wildman–Crippen MR) is 158 cm³/mol. The summed E-state index contributed by atoms with van der Waals surface area (Å²) in [4.78, 5) is 2.99. The van der Waals surface area contributed by atoms with Gasteiger partial charge in [0.15, 0.2) is 9.84 Å². The molecular weight excluding hydrogens is 521 g/mol. The van der Waals surface area contributed by atoms with Crippen LogP contribution in [0.1, 0.15) is 69.5 Å². The quantitative estimate of drug-likeness (QED) is 0.370. The van der Waals surface area contributed by atoms with E-state index in [1.54, 1.807) is 18.2 Å². The standard InChI is InChI=1S/C33H40FN3O2S.H2/c34-32-7-3-6-31-30(32)14-18-35-33(31,25-4-1-2-5-25)26-16-19-36(20-17-26)22-24-15-21-37(23-24)27-8-10-28(11-9-27)40(38,39)29-12-13-29;/h3,6-11,15,21,23,25-26,29,35H,1-2,4-5,12-14,16-20,22H2;1H. The number of rotatable bonds is 7. The fourth-order valence-corrected chi connectivity index (χ4v) is 9.67. The maximum absolute atomic E-state index is 14.9. The largest absolute Gasteiger partial charge is 0.324 e. The summed E-state index contributed by atoms with van der Waals surface area (Å²) >= 11 is 0. The smallest absolute Gasteiger partial charge is 0.181 e. The van der Waals surface area contributed by atoms with Gasteiger partial charge in [0.1, 0.15) is 5.82 Å². The van der Waals surface area contributed by atoms with E-state index in [1.165, 1.54) is 36.8 Å². The Kier molecular flexibility index (Phi) is 6.88. The number of fused-ring (bicyclic) bond motifs is 1. The van der Waals surface area contributed by atoms with Crippen LogP contribution in [-0.4, -0.2) is 42.8 Å². The Morgan fingerprint density at radius 1 is 0.925 bits per heavy atom. The van der Waals surface area contributed by atoms with Gasteiger partial charge in [0.2, 0.25) is 0 Å². The molecule has 0 spiro atoms. The number of sulfone groups is 1. The Bertz CT molecular complexity index is 1470. The van der Waals surface area contributed by atoms with Crippen LogP contribution in [0.25, 0.3) is 5.69 Å². The van der Waals surface area contributed by atoms with Gasteiger partial charge in [-0.3, -0.25) is 4.90 Å². The summed E-state index contributed by atoms with van der Waals surface area (Å²) in [6.45, 7) is 3.86. The molecule has 3 aromatic rings. The van der Waals surface area contributed by atoms with Crippen LogP contribution in [0.3, 0.4) is 0 Å². The van der Waals surface area contributed by atoms with Gasteiger partial charge in [-0.1, -0.05) is 25.0 Å². The van der Waals surface area contributed by atoms with E-state index in [2.05, 4.69) is 39.3 Å². The number of nitrogens with zero attached hydrogens (tertiary/aromatic N) is 2. The summed E-state index contributed by atoms with van der Waals surface area (Å²) in [7, 11) is -3.16. The van der Waals surface area contributed by atoms with E-state index >= 15 is 0 Å². The lowest BCUT2D eigenvalue weighted by Gasteiger charge is -2.52. The molecule has 0 bridgehead atoms. The Labute approximate surface area is 239 Å². The van der Waals surface area contributed by atoms with Gasteiger partial charge in [-0.15, -0.1) is 0 Å². The van der Waals surface area contributed by atoms with Crippen molar-refractivity contribution in [3.8, 4) is 5.69 Å². The van der Waals surface area contributed by atoms with E-state index in [9.17, 15) is 12.8 Å². The van der Waals surface area contributed by atoms with Gasteiger partial charge >= 0.3 is 0 Å². The van der Waals surface area contributed by atoms with E-state index in [0.29, 0.717) is 16.7 Å². The Morgan fingerprint density at radius 3 is 2.38 bits per heavy atom. The highest BCUT2D eigenvalue weighted by Crippen LogP contribution is 2.51. The first kappa shape index (κ1) is 26.4. The lowest BCUT2D eigenvalue weighted by atomic mass is 9.63. The lowest BCUT2D eigenvalue weighted by molar-refractivity contribution is 0.0529. The van der Waals surface area contributed by atoms with Gasteiger partial charge in [-0.05, 0) is 123 Å². The van der Waals surface area contributed by atoms with E-state index in [4.69, 9.17) is 0 Å². The van der Waals surface area contributed by atoms with Gasteiger partial charge in [-0.25, -0.2) is 12.8 Å². The number of nitrogens with one attached hydrogen (secondary N) is 1. The Morgan fingerprint density at radius 2 is 1.65 bits per heavy atom. The topological polar surface area (TPSA) is 54.3 Å². The zero-order valence-corrected chi connectivity index (χ0v) is 24.0.